The zero-order valence-corrected chi connectivity index (χ0v) is 14.3. The van der Waals surface area contributed by atoms with E-state index >= 15 is 0 Å². The van der Waals surface area contributed by atoms with Crippen molar-refractivity contribution in [3.05, 3.63) is 48.0 Å². The predicted octanol–water partition coefficient (Wildman–Crippen LogP) is 3.42. The number of ether oxygens (including phenoxy) is 1. The second-order valence-electron chi connectivity index (χ2n) is 5.54. The molecule has 1 N–H and O–H groups in total. The lowest BCUT2D eigenvalue weighted by Crippen LogP contribution is -2.32. The first kappa shape index (κ1) is 15.0. The molecular formula is C17H19N5OS. The Morgan fingerprint density at radius 3 is 3.08 bits per heavy atom. The Balaban J connectivity index is 1.67. The number of nitrogens with zero attached hydrogens (tertiary/aromatic N) is 4. The van der Waals surface area contributed by atoms with E-state index in [1.165, 1.54) is 0 Å². The van der Waals surface area contributed by atoms with E-state index in [1.54, 1.807) is 17.7 Å². The van der Waals surface area contributed by atoms with E-state index in [9.17, 15) is 0 Å². The van der Waals surface area contributed by atoms with Crippen LogP contribution in [0.2, 0.25) is 0 Å². The molecule has 0 radical (unpaired) electrons. The first-order valence-electron chi connectivity index (χ1n) is 8.01. The van der Waals surface area contributed by atoms with Crippen molar-refractivity contribution in [2.75, 3.05) is 29.5 Å². The Labute approximate surface area is 144 Å². The molecule has 3 heterocycles. The van der Waals surface area contributed by atoms with Gasteiger partial charge in [0.15, 0.2) is 5.13 Å². The van der Waals surface area contributed by atoms with Crippen LogP contribution < -0.4 is 14.5 Å². The van der Waals surface area contributed by atoms with E-state index < -0.39 is 0 Å². The van der Waals surface area contributed by atoms with Crippen LogP contribution in [0.15, 0.2) is 42.3 Å². The van der Waals surface area contributed by atoms with Crippen LogP contribution in [0.4, 0.5) is 16.5 Å². The highest BCUT2D eigenvalue weighted by molar-refractivity contribution is 7.13. The lowest BCUT2D eigenvalue weighted by molar-refractivity contribution is 0.306. The van der Waals surface area contributed by atoms with Crippen molar-refractivity contribution in [3.63, 3.8) is 0 Å². The van der Waals surface area contributed by atoms with Crippen LogP contribution in [-0.2, 0) is 6.54 Å². The normalized spacial score (nSPS) is 13.5. The third-order valence-electron chi connectivity index (χ3n) is 4.09. The number of hydrogen-bond acceptors (Lipinski definition) is 6. The van der Waals surface area contributed by atoms with E-state index in [4.69, 9.17) is 4.74 Å². The summed E-state index contributed by atoms with van der Waals surface area (Å²) in [5.41, 5.74) is 3.26. The van der Waals surface area contributed by atoms with Gasteiger partial charge in [-0.2, -0.15) is 0 Å². The fourth-order valence-electron chi connectivity index (χ4n) is 2.94. The van der Waals surface area contributed by atoms with Crippen molar-refractivity contribution in [2.24, 2.45) is 0 Å². The molecule has 2 aromatic heterocycles. The molecule has 0 amide bonds. The third-order valence-corrected chi connectivity index (χ3v) is 4.88. The van der Waals surface area contributed by atoms with Gasteiger partial charge in [0.1, 0.15) is 12.4 Å². The van der Waals surface area contributed by atoms with Gasteiger partial charge in [-0.3, -0.25) is 0 Å². The smallest absolute Gasteiger partial charge is 0.189 e. The van der Waals surface area contributed by atoms with E-state index in [0.717, 1.165) is 47.6 Å². The molecular weight excluding hydrogens is 322 g/mol. The standard InChI is InChI=1S/C17H19N5OS/c1-2-22(17-19-5-8-24-17)14-3-4-16-15(9-14)21(6-7-23-16)11-13-10-18-12-20-13/h3-5,8-10,12H,2,6-7,11H2,1H3,(H,18,20). The van der Waals surface area contributed by atoms with Gasteiger partial charge in [0, 0.05) is 30.0 Å². The van der Waals surface area contributed by atoms with Gasteiger partial charge in [0.2, 0.25) is 0 Å². The Morgan fingerprint density at radius 2 is 2.33 bits per heavy atom. The molecule has 0 saturated carbocycles. The van der Waals surface area contributed by atoms with Crippen molar-refractivity contribution in [1.29, 1.82) is 0 Å². The number of nitrogens with one attached hydrogen (secondary N) is 1. The van der Waals surface area contributed by atoms with E-state index in [-0.39, 0.29) is 0 Å². The van der Waals surface area contributed by atoms with Crippen molar-refractivity contribution in [2.45, 2.75) is 13.5 Å². The average Bonchev–Trinajstić information content (AvgIpc) is 3.30. The predicted molar refractivity (Wildman–Crippen MR) is 96.4 cm³/mol. The van der Waals surface area contributed by atoms with Crippen molar-refractivity contribution in [1.82, 2.24) is 15.0 Å². The number of imidazole rings is 1. The lowest BCUT2D eigenvalue weighted by atomic mass is 10.2. The molecule has 1 aliphatic rings. The van der Waals surface area contributed by atoms with Crippen LogP contribution in [-0.4, -0.2) is 34.6 Å². The summed E-state index contributed by atoms with van der Waals surface area (Å²) in [4.78, 5) is 16.3. The van der Waals surface area contributed by atoms with Crippen molar-refractivity contribution in [3.8, 4) is 5.75 Å². The van der Waals surface area contributed by atoms with Crippen molar-refractivity contribution < 1.29 is 4.74 Å². The number of H-pyrrole nitrogens is 1. The maximum absolute atomic E-state index is 5.83. The minimum atomic E-state index is 0.695. The third kappa shape index (κ3) is 2.82. The number of benzene rings is 1. The number of anilines is 3. The summed E-state index contributed by atoms with van der Waals surface area (Å²) in [6.45, 7) is 5.32. The Hall–Kier alpha value is -2.54. The van der Waals surface area contributed by atoms with Gasteiger partial charge in [-0.1, -0.05) is 0 Å². The highest BCUT2D eigenvalue weighted by atomic mass is 32.1. The molecule has 6 nitrogen and oxygen atoms in total. The SMILES string of the molecule is CCN(c1ccc2c(c1)N(Cc1c[nH]cn1)CCO2)c1nccs1. The largest absolute Gasteiger partial charge is 0.490 e. The van der Waals surface area contributed by atoms with Gasteiger partial charge in [0.25, 0.3) is 0 Å². The molecule has 24 heavy (non-hydrogen) atoms. The van der Waals surface area contributed by atoms with Gasteiger partial charge >= 0.3 is 0 Å². The highest BCUT2D eigenvalue weighted by Crippen LogP contribution is 2.38. The molecule has 7 heteroatoms. The first-order chi connectivity index (χ1) is 11.8. The summed E-state index contributed by atoms with van der Waals surface area (Å²) in [5, 5.41) is 3.01. The topological polar surface area (TPSA) is 57.3 Å². The number of aromatic nitrogens is 3. The summed E-state index contributed by atoms with van der Waals surface area (Å²) < 4.78 is 5.83. The number of fused-ring (bicyclic) bond motifs is 1. The molecule has 0 bridgehead atoms. The number of thiazole rings is 1. The fraction of sp³-hybridized carbons (Fsp3) is 0.294. The molecule has 4 rings (SSSR count). The molecule has 124 valence electrons. The van der Waals surface area contributed by atoms with Gasteiger partial charge in [-0.05, 0) is 25.1 Å². The second kappa shape index (κ2) is 6.52. The van der Waals surface area contributed by atoms with Crippen LogP contribution >= 0.6 is 11.3 Å². The number of aromatic amines is 1. The quantitative estimate of drug-likeness (QED) is 0.770. The number of rotatable bonds is 5. The Kier molecular flexibility index (Phi) is 4.08. The minimum Gasteiger partial charge on any atom is -0.490 e. The summed E-state index contributed by atoms with van der Waals surface area (Å²) in [7, 11) is 0. The van der Waals surface area contributed by atoms with E-state index in [0.29, 0.717) is 6.61 Å². The molecule has 1 aromatic carbocycles. The zero-order chi connectivity index (χ0) is 16.4. The summed E-state index contributed by atoms with van der Waals surface area (Å²) in [5.74, 6) is 0.927. The lowest BCUT2D eigenvalue weighted by Gasteiger charge is -2.32. The number of hydrogen-bond donors (Lipinski definition) is 1. The summed E-state index contributed by atoms with van der Waals surface area (Å²) in [6.07, 6.45) is 5.50. The average molecular weight is 341 g/mol. The minimum absolute atomic E-state index is 0.695. The Morgan fingerprint density at radius 1 is 1.38 bits per heavy atom. The molecule has 0 aliphatic carbocycles. The Bertz CT molecular complexity index is 787. The van der Waals surface area contributed by atoms with Gasteiger partial charge in [-0.15, -0.1) is 11.3 Å². The van der Waals surface area contributed by atoms with Gasteiger partial charge < -0.3 is 19.5 Å². The fourth-order valence-corrected chi connectivity index (χ4v) is 3.67. The maximum Gasteiger partial charge on any atom is 0.189 e. The summed E-state index contributed by atoms with van der Waals surface area (Å²) in [6, 6.07) is 6.34. The van der Waals surface area contributed by atoms with Gasteiger partial charge in [-0.25, -0.2) is 9.97 Å². The van der Waals surface area contributed by atoms with Crippen LogP contribution in [0.25, 0.3) is 0 Å². The second-order valence-corrected chi connectivity index (χ2v) is 6.41. The molecule has 0 saturated heterocycles. The van der Waals surface area contributed by atoms with E-state index in [2.05, 4.69) is 49.9 Å². The molecule has 0 atom stereocenters. The molecule has 0 unspecified atom stereocenters. The van der Waals surface area contributed by atoms with Crippen LogP contribution in [0.1, 0.15) is 12.6 Å². The monoisotopic (exact) mass is 341 g/mol. The van der Waals surface area contributed by atoms with Crippen LogP contribution in [0.5, 0.6) is 5.75 Å². The zero-order valence-electron chi connectivity index (χ0n) is 13.5. The van der Waals surface area contributed by atoms with Gasteiger partial charge in [0.05, 0.1) is 30.8 Å². The first-order valence-corrected chi connectivity index (χ1v) is 8.89. The summed E-state index contributed by atoms with van der Waals surface area (Å²) >= 11 is 1.65. The van der Waals surface area contributed by atoms with Crippen LogP contribution in [0, 0.1) is 0 Å². The molecule has 1 aliphatic heterocycles. The van der Waals surface area contributed by atoms with Crippen molar-refractivity contribution >= 4 is 27.8 Å². The van der Waals surface area contributed by atoms with Crippen LogP contribution in [0.3, 0.4) is 0 Å². The highest BCUT2D eigenvalue weighted by Gasteiger charge is 2.21. The maximum atomic E-state index is 5.83. The van der Waals surface area contributed by atoms with E-state index in [1.807, 2.05) is 17.8 Å². The molecule has 3 aromatic rings. The molecule has 0 spiro atoms. The molecule has 0 fully saturated rings.